The zero-order valence-electron chi connectivity index (χ0n) is 19.6. The highest BCUT2D eigenvalue weighted by Gasteiger charge is 2.16. The van der Waals surface area contributed by atoms with E-state index in [4.69, 9.17) is 9.47 Å². The molecule has 3 N–H and O–H groups in total. The van der Waals surface area contributed by atoms with Gasteiger partial charge < -0.3 is 14.8 Å². The molecule has 0 saturated heterocycles. The first-order valence-corrected chi connectivity index (χ1v) is 12.2. The van der Waals surface area contributed by atoms with E-state index in [2.05, 4.69) is 15.4 Å². The van der Waals surface area contributed by atoms with E-state index >= 15 is 0 Å². The molecular formula is C25H27N3O6S. The molecular weight excluding hydrogens is 470 g/mol. The minimum absolute atomic E-state index is 0.0328. The minimum atomic E-state index is -3.81. The van der Waals surface area contributed by atoms with Crippen LogP contribution in [0.5, 0.6) is 0 Å². The second kappa shape index (κ2) is 11.5. The van der Waals surface area contributed by atoms with Crippen LogP contribution in [0.25, 0.3) is 0 Å². The van der Waals surface area contributed by atoms with E-state index in [9.17, 15) is 18.0 Å². The molecule has 0 unspecified atom stereocenters. The molecule has 0 saturated carbocycles. The van der Waals surface area contributed by atoms with E-state index in [1.807, 2.05) is 19.9 Å². The number of carbonyl (C=O) groups excluding carboxylic acids is 2. The van der Waals surface area contributed by atoms with E-state index in [1.54, 1.807) is 36.4 Å². The number of sulfonamides is 1. The molecule has 10 heteroatoms. The van der Waals surface area contributed by atoms with Crippen LogP contribution in [-0.2, 0) is 19.5 Å². The molecule has 0 aliphatic carbocycles. The number of ether oxygens (including phenoxy) is 2. The topological polar surface area (TPSA) is 123 Å². The maximum Gasteiger partial charge on any atom is 0.411 e. The zero-order chi connectivity index (χ0) is 25.4. The molecule has 3 rings (SSSR count). The summed E-state index contributed by atoms with van der Waals surface area (Å²) in [7, 11) is -2.31. The molecule has 0 fully saturated rings. The van der Waals surface area contributed by atoms with Gasteiger partial charge >= 0.3 is 6.09 Å². The average Bonchev–Trinajstić information content (AvgIpc) is 2.82. The lowest BCUT2D eigenvalue weighted by Gasteiger charge is -2.11. The van der Waals surface area contributed by atoms with Crippen molar-refractivity contribution in [1.82, 2.24) is 0 Å². The fraction of sp³-hybridized carbons (Fsp3) is 0.200. The van der Waals surface area contributed by atoms with Crippen molar-refractivity contribution in [2.45, 2.75) is 18.7 Å². The van der Waals surface area contributed by atoms with Crippen molar-refractivity contribution in [2.75, 3.05) is 35.7 Å². The van der Waals surface area contributed by atoms with Gasteiger partial charge in [-0.3, -0.25) is 14.8 Å². The third-order valence-corrected chi connectivity index (χ3v) is 6.47. The number of rotatable bonds is 9. The average molecular weight is 498 g/mol. The van der Waals surface area contributed by atoms with E-state index in [0.29, 0.717) is 17.1 Å². The molecule has 0 aromatic heterocycles. The van der Waals surface area contributed by atoms with Crippen molar-refractivity contribution < 1.29 is 27.5 Å². The highest BCUT2D eigenvalue weighted by molar-refractivity contribution is 7.92. The monoisotopic (exact) mass is 497 g/mol. The van der Waals surface area contributed by atoms with Crippen molar-refractivity contribution in [3.8, 4) is 0 Å². The molecule has 184 valence electrons. The molecule has 0 aliphatic heterocycles. The smallest absolute Gasteiger partial charge is 0.411 e. The molecule has 0 radical (unpaired) electrons. The molecule has 0 heterocycles. The summed E-state index contributed by atoms with van der Waals surface area (Å²) >= 11 is 0. The molecule has 0 bridgehead atoms. The number of carbonyl (C=O) groups is 2. The summed E-state index contributed by atoms with van der Waals surface area (Å²) in [6.07, 6.45) is -0.642. The first-order chi connectivity index (χ1) is 16.7. The third-order valence-electron chi connectivity index (χ3n) is 5.07. The van der Waals surface area contributed by atoms with Gasteiger partial charge in [-0.2, -0.15) is 0 Å². The van der Waals surface area contributed by atoms with Gasteiger partial charge in [-0.25, -0.2) is 13.2 Å². The summed E-state index contributed by atoms with van der Waals surface area (Å²) in [4.78, 5) is 24.4. The van der Waals surface area contributed by atoms with E-state index in [1.165, 1.54) is 31.4 Å². The van der Waals surface area contributed by atoms with Gasteiger partial charge in [0.15, 0.2) is 0 Å². The van der Waals surface area contributed by atoms with Crippen molar-refractivity contribution in [3.63, 3.8) is 0 Å². The standard InChI is InChI=1S/C25H27N3O6S/c1-17-7-10-22(15-18(17)2)28-35(31,32)23-11-8-19(9-12-23)24(29)26-20-5-4-6-21(16-20)27-25(30)34-14-13-33-3/h4-12,15-16,28H,13-14H2,1-3H3,(H,26,29)(H,27,30). The summed E-state index contributed by atoms with van der Waals surface area (Å²) in [5.74, 6) is -0.434. The summed E-state index contributed by atoms with van der Waals surface area (Å²) in [6, 6.07) is 17.4. The highest BCUT2D eigenvalue weighted by atomic mass is 32.2. The maximum atomic E-state index is 12.7. The quantitative estimate of drug-likeness (QED) is 0.373. The van der Waals surface area contributed by atoms with Gasteiger partial charge in [0.2, 0.25) is 0 Å². The molecule has 3 aromatic rings. The van der Waals surface area contributed by atoms with Crippen LogP contribution in [0.15, 0.2) is 71.6 Å². The highest BCUT2D eigenvalue weighted by Crippen LogP contribution is 2.20. The number of aryl methyl sites for hydroxylation is 2. The fourth-order valence-corrected chi connectivity index (χ4v) is 4.10. The number of benzene rings is 3. The minimum Gasteiger partial charge on any atom is -0.447 e. The SMILES string of the molecule is COCCOC(=O)Nc1cccc(NC(=O)c2ccc(S(=O)(=O)Nc3ccc(C)c(C)c3)cc2)c1. The number of hydrogen-bond acceptors (Lipinski definition) is 6. The lowest BCUT2D eigenvalue weighted by Crippen LogP contribution is -2.17. The van der Waals surface area contributed by atoms with Crippen molar-refractivity contribution >= 4 is 39.1 Å². The third kappa shape index (κ3) is 7.29. The molecule has 0 atom stereocenters. The largest absolute Gasteiger partial charge is 0.447 e. The van der Waals surface area contributed by atoms with E-state index in [0.717, 1.165) is 11.1 Å². The van der Waals surface area contributed by atoms with Crippen LogP contribution in [0.2, 0.25) is 0 Å². The van der Waals surface area contributed by atoms with Gasteiger partial charge in [-0.1, -0.05) is 12.1 Å². The Labute approximate surface area is 204 Å². The summed E-state index contributed by atoms with van der Waals surface area (Å²) in [5, 5.41) is 5.28. The molecule has 3 aromatic carbocycles. The van der Waals surface area contributed by atoms with Gasteiger partial charge in [0, 0.05) is 29.7 Å². The van der Waals surface area contributed by atoms with Crippen LogP contribution in [0, 0.1) is 13.8 Å². The van der Waals surface area contributed by atoms with Crippen LogP contribution >= 0.6 is 0 Å². The summed E-state index contributed by atoms with van der Waals surface area (Å²) < 4.78 is 37.7. The number of anilines is 3. The van der Waals surface area contributed by atoms with Crippen LogP contribution < -0.4 is 15.4 Å². The van der Waals surface area contributed by atoms with Crippen molar-refractivity contribution in [1.29, 1.82) is 0 Å². The van der Waals surface area contributed by atoms with Crippen molar-refractivity contribution in [3.05, 3.63) is 83.4 Å². The number of hydrogen-bond donors (Lipinski definition) is 3. The lowest BCUT2D eigenvalue weighted by atomic mass is 10.1. The zero-order valence-corrected chi connectivity index (χ0v) is 20.4. The Morgan fingerprint density at radius 3 is 2.14 bits per heavy atom. The van der Waals surface area contributed by atoms with Gasteiger partial charge in [0.05, 0.1) is 11.5 Å². The molecule has 0 spiro atoms. The number of methoxy groups -OCH3 is 1. The Kier molecular flexibility index (Phi) is 8.45. The van der Waals surface area contributed by atoms with Crippen LogP contribution in [0.4, 0.5) is 21.9 Å². The normalized spacial score (nSPS) is 10.9. The Hall–Kier alpha value is -3.89. The fourth-order valence-electron chi connectivity index (χ4n) is 3.05. The van der Waals surface area contributed by atoms with Gasteiger partial charge in [0.25, 0.3) is 15.9 Å². The first-order valence-electron chi connectivity index (χ1n) is 10.7. The van der Waals surface area contributed by atoms with Crippen LogP contribution in [0.3, 0.4) is 0 Å². The molecule has 35 heavy (non-hydrogen) atoms. The Balaban J connectivity index is 1.64. The Morgan fingerprint density at radius 2 is 1.49 bits per heavy atom. The Morgan fingerprint density at radius 1 is 0.800 bits per heavy atom. The second-order valence-electron chi connectivity index (χ2n) is 7.72. The van der Waals surface area contributed by atoms with Crippen molar-refractivity contribution in [2.24, 2.45) is 0 Å². The van der Waals surface area contributed by atoms with Gasteiger partial charge in [-0.15, -0.1) is 0 Å². The first kappa shape index (κ1) is 25.7. The predicted octanol–water partition coefficient (Wildman–Crippen LogP) is 4.55. The predicted molar refractivity (Wildman–Crippen MR) is 134 cm³/mol. The van der Waals surface area contributed by atoms with Gasteiger partial charge in [-0.05, 0) is 79.6 Å². The Bertz CT molecular complexity index is 1310. The molecule has 0 aliphatic rings. The van der Waals surface area contributed by atoms with Crippen LogP contribution in [-0.4, -0.2) is 40.7 Å². The second-order valence-corrected chi connectivity index (χ2v) is 9.40. The number of nitrogens with one attached hydrogen (secondary N) is 3. The maximum absolute atomic E-state index is 12.7. The number of amides is 2. The molecule has 9 nitrogen and oxygen atoms in total. The van der Waals surface area contributed by atoms with Gasteiger partial charge in [0.1, 0.15) is 6.61 Å². The summed E-state index contributed by atoms with van der Waals surface area (Å²) in [6.45, 7) is 4.25. The van der Waals surface area contributed by atoms with E-state index < -0.39 is 22.0 Å². The van der Waals surface area contributed by atoms with E-state index in [-0.39, 0.29) is 23.7 Å². The summed E-state index contributed by atoms with van der Waals surface area (Å²) in [5.41, 5.74) is 3.64. The lowest BCUT2D eigenvalue weighted by molar-refractivity contribution is 0.102. The molecule has 2 amide bonds. The van der Waals surface area contributed by atoms with Crippen LogP contribution in [0.1, 0.15) is 21.5 Å².